The summed E-state index contributed by atoms with van der Waals surface area (Å²) in [6.07, 6.45) is 0. The van der Waals surface area contributed by atoms with Gasteiger partial charge in [-0.1, -0.05) is 96.7 Å². The molecule has 0 amide bonds. The van der Waals surface area contributed by atoms with Crippen LogP contribution >= 0.6 is 11.8 Å². The molecule has 4 heteroatoms. The highest BCUT2D eigenvalue weighted by Crippen LogP contribution is 2.49. The first-order chi connectivity index (χ1) is 18.8. The minimum atomic E-state index is 0.702. The number of benzene rings is 6. The molecular formula is C34H19N3S. The van der Waals surface area contributed by atoms with Gasteiger partial charge in [-0.15, -0.1) is 0 Å². The Morgan fingerprint density at radius 1 is 0.500 bits per heavy atom. The van der Waals surface area contributed by atoms with Crippen LogP contribution < -0.4 is 0 Å². The first kappa shape index (κ1) is 20.4. The zero-order valence-corrected chi connectivity index (χ0v) is 21.0. The lowest BCUT2D eigenvalue weighted by Crippen LogP contribution is -2.03. The number of fused-ring (bicyclic) bond motifs is 3. The Kier molecular flexibility index (Phi) is 3.99. The normalized spacial score (nSPS) is 12.6. The Balaban J connectivity index is 1.49. The Morgan fingerprint density at radius 3 is 2.16 bits per heavy atom. The van der Waals surface area contributed by atoms with Crippen molar-refractivity contribution in [2.75, 3.05) is 0 Å². The summed E-state index contributed by atoms with van der Waals surface area (Å²) in [5.74, 6) is 0.702. The fraction of sp³-hybridized carbons (Fsp3) is 0. The van der Waals surface area contributed by atoms with E-state index in [0.29, 0.717) is 5.95 Å². The van der Waals surface area contributed by atoms with Crippen LogP contribution in [0.25, 0.3) is 71.5 Å². The summed E-state index contributed by atoms with van der Waals surface area (Å²) in [5, 5.41) is 8.56. The molecule has 0 radical (unpaired) electrons. The summed E-state index contributed by atoms with van der Waals surface area (Å²) >= 11 is 1.86. The summed E-state index contributed by atoms with van der Waals surface area (Å²) in [7, 11) is 0. The molecule has 1 aliphatic rings. The van der Waals surface area contributed by atoms with E-state index in [2.05, 4.69) is 114 Å². The second kappa shape index (κ2) is 7.44. The molecule has 3 heterocycles. The molecule has 2 aromatic heterocycles. The van der Waals surface area contributed by atoms with E-state index in [4.69, 9.17) is 9.97 Å². The van der Waals surface area contributed by atoms with Crippen molar-refractivity contribution in [3.63, 3.8) is 0 Å². The third-order valence-electron chi connectivity index (χ3n) is 7.77. The molecule has 0 saturated heterocycles. The Labute approximate surface area is 222 Å². The minimum Gasteiger partial charge on any atom is -0.278 e. The zero-order valence-electron chi connectivity index (χ0n) is 20.2. The third-order valence-corrected chi connectivity index (χ3v) is 8.89. The molecular weight excluding hydrogens is 482 g/mol. The lowest BCUT2D eigenvalue weighted by molar-refractivity contribution is 1.01. The van der Waals surface area contributed by atoms with Gasteiger partial charge in [-0.2, -0.15) is 0 Å². The van der Waals surface area contributed by atoms with Crippen LogP contribution in [0.1, 0.15) is 0 Å². The van der Waals surface area contributed by atoms with Crippen molar-refractivity contribution >= 4 is 66.0 Å². The van der Waals surface area contributed by atoms with Crippen molar-refractivity contribution in [1.82, 2.24) is 14.5 Å². The van der Waals surface area contributed by atoms with Crippen molar-refractivity contribution in [2.24, 2.45) is 0 Å². The number of rotatable bonds is 2. The maximum atomic E-state index is 5.30. The first-order valence-corrected chi connectivity index (χ1v) is 13.6. The van der Waals surface area contributed by atoms with Gasteiger partial charge in [-0.3, -0.25) is 4.57 Å². The van der Waals surface area contributed by atoms with Crippen molar-refractivity contribution < 1.29 is 0 Å². The standard InChI is InChI=1S/C34H19N3S/c1-2-9-22(10-3-1)32-24-18-16-20-8-4-5-12-23(20)33(24)36-34(35-32)37-25-13-7-15-28-30(25)31-26(37)19-17-21-11-6-14-27(38-28)29(21)31/h1-19H. The van der Waals surface area contributed by atoms with Gasteiger partial charge in [-0.25, -0.2) is 9.97 Å². The van der Waals surface area contributed by atoms with E-state index in [-0.39, 0.29) is 0 Å². The van der Waals surface area contributed by atoms with Gasteiger partial charge in [0.05, 0.1) is 22.2 Å². The average molecular weight is 502 g/mol. The Hall–Kier alpha value is -4.67. The van der Waals surface area contributed by atoms with E-state index in [9.17, 15) is 0 Å². The van der Waals surface area contributed by atoms with Gasteiger partial charge in [0.2, 0.25) is 5.95 Å². The number of hydrogen-bond donors (Lipinski definition) is 0. The quantitative estimate of drug-likeness (QED) is 0.221. The van der Waals surface area contributed by atoms with Gasteiger partial charge in [-0.05, 0) is 41.1 Å². The predicted octanol–water partition coefficient (Wildman–Crippen LogP) is 9.16. The van der Waals surface area contributed by atoms with Crippen LogP contribution in [-0.4, -0.2) is 14.5 Å². The maximum absolute atomic E-state index is 5.30. The highest BCUT2D eigenvalue weighted by Gasteiger charge is 2.24. The molecule has 0 N–H and O–H groups in total. The van der Waals surface area contributed by atoms with Crippen LogP contribution in [0.15, 0.2) is 125 Å². The fourth-order valence-corrected chi connectivity index (χ4v) is 7.29. The molecule has 0 spiro atoms. The van der Waals surface area contributed by atoms with Crippen LogP contribution in [0, 0.1) is 0 Å². The van der Waals surface area contributed by atoms with Crippen LogP contribution in [0.5, 0.6) is 0 Å². The summed E-state index contributed by atoms with van der Waals surface area (Å²) in [6.45, 7) is 0. The van der Waals surface area contributed by atoms with Crippen molar-refractivity contribution in [3.05, 3.63) is 115 Å². The molecule has 0 unspecified atom stereocenters. The van der Waals surface area contributed by atoms with Gasteiger partial charge < -0.3 is 0 Å². The van der Waals surface area contributed by atoms with Crippen LogP contribution in [0.3, 0.4) is 0 Å². The SMILES string of the molecule is c1ccc(-c2nc(-n3c4cccc5c4c4c6c(cccc6ccc43)S5)nc3c2ccc2ccccc23)cc1. The van der Waals surface area contributed by atoms with E-state index < -0.39 is 0 Å². The zero-order chi connectivity index (χ0) is 24.8. The largest absolute Gasteiger partial charge is 0.278 e. The minimum absolute atomic E-state index is 0.702. The van der Waals surface area contributed by atoms with Crippen LogP contribution in [0.2, 0.25) is 0 Å². The summed E-state index contributed by atoms with van der Waals surface area (Å²) in [5.41, 5.74) is 5.31. The highest BCUT2D eigenvalue weighted by atomic mass is 32.2. The second-order valence-corrected chi connectivity index (χ2v) is 10.9. The van der Waals surface area contributed by atoms with Gasteiger partial charge in [0.25, 0.3) is 0 Å². The summed E-state index contributed by atoms with van der Waals surface area (Å²) < 4.78 is 2.27. The fourth-order valence-electron chi connectivity index (χ4n) is 6.13. The topological polar surface area (TPSA) is 30.7 Å². The van der Waals surface area contributed by atoms with E-state index in [1.807, 2.05) is 17.8 Å². The van der Waals surface area contributed by atoms with E-state index in [0.717, 1.165) is 38.6 Å². The van der Waals surface area contributed by atoms with Gasteiger partial charge >= 0.3 is 0 Å². The molecule has 0 aliphatic carbocycles. The Morgan fingerprint density at radius 2 is 1.24 bits per heavy atom. The van der Waals surface area contributed by atoms with Crippen molar-refractivity contribution in [1.29, 1.82) is 0 Å². The molecule has 1 aliphatic heterocycles. The summed E-state index contributed by atoms with van der Waals surface area (Å²) in [6, 6.07) is 40.9. The molecule has 0 atom stereocenters. The van der Waals surface area contributed by atoms with Crippen LogP contribution in [-0.2, 0) is 0 Å². The van der Waals surface area contributed by atoms with E-state index in [1.165, 1.54) is 36.7 Å². The molecule has 8 aromatic rings. The highest BCUT2D eigenvalue weighted by molar-refractivity contribution is 8.00. The van der Waals surface area contributed by atoms with E-state index in [1.54, 1.807) is 0 Å². The molecule has 9 rings (SSSR count). The van der Waals surface area contributed by atoms with Gasteiger partial charge in [0.1, 0.15) is 0 Å². The predicted molar refractivity (Wildman–Crippen MR) is 158 cm³/mol. The number of hydrogen-bond acceptors (Lipinski definition) is 3. The van der Waals surface area contributed by atoms with Crippen molar-refractivity contribution in [2.45, 2.75) is 9.79 Å². The molecule has 0 saturated carbocycles. The monoisotopic (exact) mass is 501 g/mol. The molecule has 176 valence electrons. The smallest absolute Gasteiger partial charge is 0.235 e. The number of nitrogens with zero attached hydrogens (tertiary/aromatic N) is 3. The second-order valence-electron chi connectivity index (χ2n) is 9.82. The maximum Gasteiger partial charge on any atom is 0.235 e. The van der Waals surface area contributed by atoms with E-state index >= 15 is 0 Å². The molecule has 0 bridgehead atoms. The Bertz CT molecular complexity index is 2260. The third kappa shape index (κ3) is 2.65. The lowest BCUT2D eigenvalue weighted by Gasteiger charge is -2.14. The average Bonchev–Trinajstić information content (AvgIpc) is 3.33. The first-order valence-electron chi connectivity index (χ1n) is 12.8. The molecule has 6 aromatic carbocycles. The van der Waals surface area contributed by atoms with Gasteiger partial charge in [0, 0.05) is 42.3 Å². The van der Waals surface area contributed by atoms with Crippen LogP contribution in [0.4, 0.5) is 0 Å². The molecule has 3 nitrogen and oxygen atoms in total. The molecule has 0 fully saturated rings. The lowest BCUT2D eigenvalue weighted by atomic mass is 10.0. The van der Waals surface area contributed by atoms with Crippen molar-refractivity contribution in [3.8, 4) is 17.2 Å². The summed E-state index contributed by atoms with van der Waals surface area (Å²) in [4.78, 5) is 13.2. The van der Waals surface area contributed by atoms with Gasteiger partial charge in [0.15, 0.2) is 0 Å². The number of aromatic nitrogens is 3. The molecule has 38 heavy (non-hydrogen) atoms.